The molecule has 0 spiro atoms. The highest BCUT2D eigenvalue weighted by atomic mass is 16.6. The van der Waals surface area contributed by atoms with Crippen LogP contribution in [-0.2, 0) is 57.5 Å². The van der Waals surface area contributed by atoms with Crippen LogP contribution >= 0.6 is 0 Å². The van der Waals surface area contributed by atoms with Crippen molar-refractivity contribution in [2.24, 2.45) is 11.0 Å². The number of hydrogen-bond donors (Lipinski definition) is 5. The highest BCUT2D eigenvalue weighted by molar-refractivity contribution is 5.98. The molecule has 5 N–H and O–H groups in total. The van der Waals surface area contributed by atoms with E-state index in [0.29, 0.717) is 58.0 Å². The Kier molecular flexibility index (Phi) is 22.4. The van der Waals surface area contributed by atoms with Gasteiger partial charge in [0.2, 0.25) is 29.5 Å². The number of carbonyl (C=O) groups excluding carboxylic acids is 8. The second-order valence-corrected chi connectivity index (χ2v) is 22.3. The van der Waals surface area contributed by atoms with Gasteiger partial charge in [0, 0.05) is 59.3 Å². The maximum absolute atomic E-state index is 15.0. The summed E-state index contributed by atoms with van der Waals surface area (Å²) in [4.78, 5) is 116. The van der Waals surface area contributed by atoms with Crippen LogP contribution in [0.2, 0.25) is 0 Å². The van der Waals surface area contributed by atoms with E-state index in [1.165, 1.54) is 16.1 Å². The van der Waals surface area contributed by atoms with E-state index in [9.17, 15) is 33.6 Å². The molecular formula is C59H78N10O10. The normalized spacial score (nSPS) is 13.5. The highest BCUT2D eigenvalue weighted by Gasteiger charge is 2.35. The number of rotatable bonds is 26. The maximum atomic E-state index is 15.0. The van der Waals surface area contributed by atoms with E-state index in [1.54, 1.807) is 120 Å². The van der Waals surface area contributed by atoms with Crippen molar-refractivity contribution in [2.75, 3.05) is 6.54 Å². The third-order valence-electron chi connectivity index (χ3n) is 12.7. The fourth-order valence-electron chi connectivity index (χ4n) is 8.99. The van der Waals surface area contributed by atoms with Crippen molar-refractivity contribution in [3.8, 4) is 0 Å². The van der Waals surface area contributed by atoms with Crippen LogP contribution in [0.15, 0.2) is 96.1 Å². The van der Waals surface area contributed by atoms with E-state index in [1.807, 2.05) is 32.9 Å². The van der Waals surface area contributed by atoms with Crippen LogP contribution in [0.25, 0.3) is 32.2 Å². The smallest absolute Gasteiger partial charge is 0.419 e. The molecule has 0 saturated carbocycles. The molecule has 5 rings (SSSR count). The Hall–Kier alpha value is -7.99. The molecule has 0 fully saturated rings. The van der Waals surface area contributed by atoms with Crippen molar-refractivity contribution in [1.29, 1.82) is 0 Å². The number of Topliss-reactive ketones (excluding diaryl/α,β-unsaturated/α-hetero) is 1. The predicted octanol–water partition coefficient (Wildman–Crippen LogP) is 8.92. The second-order valence-electron chi connectivity index (χ2n) is 22.3. The molecule has 0 bridgehead atoms. The summed E-state index contributed by atoms with van der Waals surface area (Å²) in [6, 6.07) is 20.2. The number of ketones is 1. The molecule has 0 saturated heterocycles. The van der Waals surface area contributed by atoms with Gasteiger partial charge in [-0.3, -0.25) is 28.8 Å². The molecule has 79 heavy (non-hydrogen) atoms. The van der Waals surface area contributed by atoms with E-state index in [-0.39, 0.29) is 63.3 Å². The van der Waals surface area contributed by atoms with Crippen molar-refractivity contribution in [3.63, 3.8) is 0 Å². The van der Waals surface area contributed by atoms with E-state index in [0.717, 1.165) is 0 Å². The average molecular weight is 1090 g/mol. The van der Waals surface area contributed by atoms with Crippen LogP contribution in [0.3, 0.4) is 0 Å². The lowest BCUT2D eigenvalue weighted by molar-refractivity contribution is -0.135. The van der Waals surface area contributed by atoms with Crippen molar-refractivity contribution in [2.45, 2.75) is 175 Å². The molecule has 2 heterocycles. The van der Waals surface area contributed by atoms with Crippen molar-refractivity contribution >= 4 is 69.3 Å². The van der Waals surface area contributed by atoms with Crippen LogP contribution in [0.5, 0.6) is 0 Å². The van der Waals surface area contributed by atoms with Gasteiger partial charge in [0.25, 0.3) is 0 Å². The predicted molar refractivity (Wildman–Crippen MR) is 302 cm³/mol. The van der Waals surface area contributed by atoms with Crippen LogP contribution in [0.1, 0.15) is 131 Å². The largest absolute Gasteiger partial charge is 0.443 e. The van der Waals surface area contributed by atoms with Crippen molar-refractivity contribution in [3.05, 3.63) is 118 Å². The Morgan fingerprint density at radius 3 is 1.48 bits per heavy atom. The van der Waals surface area contributed by atoms with Crippen molar-refractivity contribution < 1.29 is 47.8 Å². The van der Waals surface area contributed by atoms with Crippen LogP contribution in [-0.4, -0.2) is 105 Å². The molecular weight excluding hydrogens is 1010 g/mol. The summed E-state index contributed by atoms with van der Waals surface area (Å²) in [6.07, 6.45) is 0.412. The Morgan fingerprint density at radius 2 is 1.00 bits per heavy atom. The summed E-state index contributed by atoms with van der Waals surface area (Å²) in [5.41, 5.74) is 9.61. The molecule has 20 heteroatoms. The van der Waals surface area contributed by atoms with E-state index >= 15 is 4.79 Å². The molecule has 0 aliphatic rings. The van der Waals surface area contributed by atoms with Crippen molar-refractivity contribution in [1.82, 2.24) is 35.7 Å². The van der Waals surface area contributed by atoms with Crippen LogP contribution < -0.4 is 26.6 Å². The Balaban J connectivity index is 1.53. The first-order chi connectivity index (χ1) is 37.4. The minimum absolute atomic E-state index is 0.00302. The van der Waals surface area contributed by atoms with Gasteiger partial charge in [-0.25, -0.2) is 18.7 Å². The standard InChI is InChI=1S/C59H78N10O10/c1-11-12-26-44(62-51(71)31-37(2)3)52(72)66-48(36-43-34-41-25-17-19-29-50(41)69(43)57(77)79-59(8,9)10)55(75)63-45(27-20-21-30-61-67-60)53(73)65-47(32-39-22-14-13-15-23-39)54(74)64-46(38(4)70)35-42-33-40-24-16-18-28-49(40)68(42)56(76)78-58(5,6)7/h13-19,22-25,28-29,33-34,37,44-48H,11-12,20-21,26-27,30-32,35-36H2,1-10H3,(H,62,71)(H,63,75)(H,64,74)(H,65,73)(H,66,72). The number of benzene rings is 3. The van der Waals surface area contributed by atoms with Gasteiger partial charge in [-0.2, -0.15) is 0 Å². The number of ether oxygens (including phenoxy) is 2. The lowest BCUT2D eigenvalue weighted by atomic mass is 10.0. The van der Waals surface area contributed by atoms with Gasteiger partial charge in [-0.1, -0.05) is 112 Å². The quantitative estimate of drug-likeness (QED) is 0.0152. The molecule has 424 valence electrons. The van der Waals surface area contributed by atoms with Crippen LogP contribution in [0.4, 0.5) is 9.59 Å². The van der Waals surface area contributed by atoms with Gasteiger partial charge in [0.05, 0.1) is 17.1 Å². The Morgan fingerprint density at radius 1 is 0.570 bits per heavy atom. The molecule has 20 nitrogen and oxygen atoms in total. The minimum atomic E-state index is -1.46. The number of carbonyl (C=O) groups is 8. The zero-order valence-electron chi connectivity index (χ0n) is 47.2. The zero-order valence-corrected chi connectivity index (χ0v) is 47.2. The number of unbranched alkanes of at least 4 members (excludes halogenated alkanes) is 2. The van der Waals surface area contributed by atoms with E-state index < -0.39 is 83.0 Å². The van der Waals surface area contributed by atoms with Gasteiger partial charge >= 0.3 is 12.2 Å². The minimum Gasteiger partial charge on any atom is -0.443 e. The monoisotopic (exact) mass is 1090 g/mol. The zero-order chi connectivity index (χ0) is 58.0. The first-order valence-electron chi connectivity index (χ1n) is 27.1. The molecule has 3 aromatic carbocycles. The number of aromatic nitrogens is 2. The summed E-state index contributed by atoms with van der Waals surface area (Å²) >= 11 is 0. The molecule has 2 aromatic heterocycles. The molecule has 0 aliphatic carbocycles. The maximum Gasteiger partial charge on any atom is 0.419 e. The summed E-state index contributed by atoms with van der Waals surface area (Å²) in [7, 11) is 0. The van der Waals surface area contributed by atoms with Gasteiger partial charge < -0.3 is 36.1 Å². The Labute approximate surface area is 462 Å². The van der Waals surface area contributed by atoms with Gasteiger partial charge in [0.1, 0.15) is 35.4 Å². The SMILES string of the molecule is CCCCC(NC(=O)CC(C)C)C(=O)NC(Cc1cc2ccccc2n1C(=O)OC(C)(C)C)C(=O)NC(CCCCN=[N+]=[N-])C(=O)NC(Cc1ccccc1)C(=O)NC(Cc1cc2ccccc2n1C(=O)OC(C)(C)C)C(C)=O. The van der Waals surface area contributed by atoms with Gasteiger partial charge in [0.15, 0.2) is 5.78 Å². The summed E-state index contributed by atoms with van der Waals surface area (Å²) in [6.45, 7) is 17.5. The summed E-state index contributed by atoms with van der Waals surface area (Å²) < 4.78 is 14.3. The van der Waals surface area contributed by atoms with Gasteiger partial charge in [-0.05, 0) is 109 Å². The number of azide groups is 1. The number of para-hydroxylation sites is 2. The first-order valence-corrected chi connectivity index (χ1v) is 27.1. The fraction of sp³-hybridized carbons (Fsp3) is 0.492. The molecule has 0 radical (unpaired) electrons. The highest BCUT2D eigenvalue weighted by Crippen LogP contribution is 2.26. The summed E-state index contributed by atoms with van der Waals surface area (Å²) in [5, 5.41) is 19.2. The molecule has 5 amide bonds. The van der Waals surface area contributed by atoms with E-state index in [4.69, 9.17) is 15.0 Å². The number of nitrogens with zero attached hydrogens (tertiary/aromatic N) is 5. The number of amides is 5. The van der Waals surface area contributed by atoms with Crippen LogP contribution in [0, 0.1) is 5.92 Å². The third-order valence-corrected chi connectivity index (χ3v) is 12.7. The number of fused-ring (bicyclic) bond motifs is 2. The third kappa shape index (κ3) is 18.9. The lowest BCUT2D eigenvalue weighted by Gasteiger charge is -2.28. The molecule has 5 atom stereocenters. The number of hydrogen-bond acceptors (Lipinski definition) is 11. The Bertz CT molecular complexity index is 3000. The fourth-order valence-corrected chi connectivity index (χ4v) is 8.99. The average Bonchev–Trinajstić information content (AvgIpc) is 4.08. The molecule has 0 aliphatic heterocycles. The molecule has 5 unspecified atom stereocenters. The summed E-state index contributed by atoms with van der Waals surface area (Å²) in [5.74, 6) is -3.78. The molecule has 5 aromatic rings. The topological polar surface area (TPSA) is 274 Å². The van der Waals surface area contributed by atoms with E-state index in [2.05, 4.69) is 36.6 Å². The lowest BCUT2D eigenvalue weighted by Crippen LogP contribution is -2.59. The second kappa shape index (κ2) is 28.6. The van der Waals surface area contributed by atoms with Gasteiger partial charge in [-0.15, -0.1) is 0 Å². The number of nitrogens with one attached hydrogen (secondary N) is 5. The first kappa shape index (κ1) is 61.9.